The van der Waals surface area contributed by atoms with Crippen molar-refractivity contribution in [1.29, 1.82) is 0 Å². The molecular formula is C26H23F2N3O4. The van der Waals surface area contributed by atoms with Crippen molar-refractivity contribution in [2.75, 3.05) is 13.1 Å². The highest BCUT2D eigenvalue weighted by atomic mass is 19.1. The third-order valence-electron chi connectivity index (χ3n) is 7.87. The quantitative estimate of drug-likeness (QED) is 0.686. The third-order valence-corrected chi connectivity index (χ3v) is 7.87. The van der Waals surface area contributed by atoms with Gasteiger partial charge in [0.1, 0.15) is 17.7 Å². The number of imide groups is 1. The van der Waals surface area contributed by atoms with E-state index in [-0.39, 0.29) is 48.4 Å². The van der Waals surface area contributed by atoms with Crippen molar-refractivity contribution in [3.05, 3.63) is 70.3 Å². The van der Waals surface area contributed by atoms with E-state index < -0.39 is 23.6 Å². The monoisotopic (exact) mass is 479 g/mol. The molecule has 2 aromatic carbocycles. The van der Waals surface area contributed by atoms with E-state index >= 15 is 0 Å². The zero-order valence-electron chi connectivity index (χ0n) is 18.9. The summed E-state index contributed by atoms with van der Waals surface area (Å²) in [5.41, 5.74) is 2.16. The number of benzene rings is 2. The molecule has 180 valence electrons. The highest BCUT2D eigenvalue weighted by Gasteiger charge is 2.54. The molecule has 1 atom stereocenters. The van der Waals surface area contributed by atoms with Crippen molar-refractivity contribution in [3.63, 3.8) is 0 Å². The van der Waals surface area contributed by atoms with Crippen LogP contribution >= 0.6 is 0 Å². The molecule has 1 spiro atoms. The molecule has 2 saturated heterocycles. The number of fused-ring (bicyclic) bond motifs is 1. The van der Waals surface area contributed by atoms with Crippen LogP contribution in [-0.2, 0) is 16.1 Å². The third kappa shape index (κ3) is 3.52. The molecule has 6 rings (SSSR count). The number of hydrogen-bond donors (Lipinski definition) is 1. The summed E-state index contributed by atoms with van der Waals surface area (Å²) < 4.78 is 27.3. The van der Waals surface area contributed by atoms with E-state index in [9.17, 15) is 28.0 Å². The SMILES string of the molecule is O=C1CCC(N2Cc3cc(C(=O)N4CC5(CC(c6ccc(F)cc6F)C5)C4)ccc3C2=O)C(=O)N1. The zero-order valence-corrected chi connectivity index (χ0v) is 18.9. The van der Waals surface area contributed by atoms with Crippen molar-refractivity contribution >= 4 is 23.6 Å². The molecule has 9 heteroatoms. The first-order valence-corrected chi connectivity index (χ1v) is 11.7. The number of rotatable bonds is 3. The zero-order chi connectivity index (χ0) is 24.5. The van der Waals surface area contributed by atoms with Gasteiger partial charge < -0.3 is 9.80 Å². The standard InChI is InChI=1S/C26H23F2N3O4/c27-17-2-4-18(20(28)8-17)16-9-26(10-16)12-30(13-26)24(34)14-1-3-19-15(7-14)11-31(25(19)35)21-5-6-22(32)29-23(21)33/h1-4,7-8,16,21H,5-6,9-13H2,(H,29,32,33). The number of amides is 4. The van der Waals surface area contributed by atoms with Crippen LogP contribution in [0.15, 0.2) is 36.4 Å². The van der Waals surface area contributed by atoms with Crippen LogP contribution in [0.3, 0.4) is 0 Å². The van der Waals surface area contributed by atoms with Crippen molar-refractivity contribution < 1.29 is 28.0 Å². The fourth-order valence-electron chi connectivity index (χ4n) is 6.09. The van der Waals surface area contributed by atoms with Crippen LogP contribution in [0.2, 0.25) is 0 Å². The van der Waals surface area contributed by atoms with Gasteiger partial charge in [0.25, 0.3) is 11.8 Å². The summed E-state index contributed by atoms with van der Waals surface area (Å²) >= 11 is 0. The van der Waals surface area contributed by atoms with Gasteiger partial charge >= 0.3 is 0 Å². The first-order chi connectivity index (χ1) is 16.7. The van der Waals surface area contributed by atoms with Gasteiger partial charge in [0.15, 0.2) is 0 Å². The van der Waals surface area contributed by atoms with Crippen LogP contribution in [0.4, 0.5) is 8.78 Å². The normalized spacial score (nSPS) is 23.1. The van der Waals surface area contributed by atoms with Crippen LogP contribution in [0.1, 0.15) is 63.4 Å². The van der Waals surface area contributed by atoms with Crippen LogP contribution in [0, 0.1) is 17.0 Å². The predicted octanol–water partition coefficient (Wildman–Crippen LogP) is 2.75. The lowest BCUT2D eigenvalue weighted by atomic mass is 9.56. The summed E-state index contributed by atoms with van der Waals surface area (Å²) in [6.07, 6.45) is 2.00. The molecule has 0 bridgehead atoms. The average molecular weight is 479 g/mol. The molecule has 1 aliphatic carbocycles. The molecular weight excluding hydrogens is 456 g/mol. The second-order valence-electron chi connectivity index (χ2n) is 10.2. The fourth-order valence-corrected chi connectivity index (χ4v) is 6.09. The van der Waals surface area contributed by atoms with E-state index in [0.717, 1.165) is 18.9 Å². The first-order valence-electron chi connectivity index (χ1n) is 11.7. The second-order valence-corrected chi connectivity index (χ2v) is 10.2. The van der Waals surface area contributed by atoms with Gasteiger partial charge in [-0.2, -0.15) is 0 Å². The summed E-state index contributed by atoms with van der Waals surface area (Å²) in [7, 11) is 0. The number of piperidine rings is 1. The Morgan fingerprint density at radius 2 is 1.80 bits per heavy atom. The lowest BCUT2D eigenvalue weighted by Crippen LogP contribution is -2.63. The molecule has 1 N–H and O–H groups in total. The Kier molecular flexibility index (Phi) is 4.81. The molecule has 0 radical (unpaired) electrons. The van der Waals surface area contributed by atoms with E-state index in [0.29, 0.717) is 35.3 Å². The molecule has 3 heterocycles. The number of nitrogens with zero attached hydrogens (tertiary/aromatic N) is 2. The summed E-state index contributed by atoms with van der Waals surface area (Å²) in [5, 5.41) is 2.28. The van der Waals surface area contributed by atoms with E-state index in [1.807, 2.05) is 0 Å². The summed E-state index contributed by atoms with van der Waals surface area (Å²) in [4.78, 5) is 52.8. The second kappa shape index (κ2) is 7.69. The number of carbonyl (C=O) groups is 4. The smallest absolute Gasteiger partial charge is 0.255 e. The maximum Gasteiger partial charge on any atom is 0.255 e. The van der Waals surface area contributed by atoms with Gasteiger partial charge in [-0.15, -0.1) is 0 Å². The first kappa shape index (κ1) is 21.9. The molecule has 1 unspecified atom stereocenters. The van der Waals surface area contributed by atoms with Crippen LogP contribution in [-0.4, -0.2) is 52.6 Å². The van der Waals surface area contributed by atoms with Crippen molar-refractivity contribution in [2.45, 2.75) is 44.2 Å². The number of likely N-dealkylation sites (tertiary alicyclic amines) is 1. The van der Waals surface area contributed by atoms with Crippen LogP contribution in [0.5, 0.6) is 0 Å². The summed E-state index contributed by atoms with van der Waals surface area (Å²) in [5.74, 6) is -2.27. The molecule has 3 fully saturated rings. The number of nitrogens with one attached hydrogen (secondary N) is 1. The van der Waals surface area contributed by atoms with E-state index in [2.05, 4.69) is 5.32 Å². The topological polar surface area (TPSA) is 86.8 Å². The van der Waals surface area contributed by atoms with Gasteiger partial charge in [-0.1, -0.05) is 6.07 Å². The molecule has 35 heavy (non-hydrogen) atoms. The summed E-state index contributed by atoms with van der Waals surface area (Å²) in [6.45, 7) is 1.39. The number of hydrogen-bond acceptors (Lipinski definition) is 4. The minimum absolute atomic E-state index is 0.0174. The lowest BCUT2D eigenvalue weighted by molar-refractivity contribution is -0.136. The van der Waals surface area contributed by atoms with Crippen molar-refractivity contribution in [1.82, 2.24) is 15.1 Å². The molecule has 7 nitrogen and oxygen atoms in total. The van der Waals surface area contributed by atoms with Gasteiger partial charge in [-0.25, -0.2) is 8.78 Å². The summed E-state index contributed by atoms with van der Waals surface area (Å²) in [6, 6.07) is 7.98. The molecule has 4 amide bonds. The molecule has 1 saturated carbocycles. The van der Waals surface area contributed by atoms with Gasteiger partial charge in [0.2, 0.25) is 11.8 Å². The van der Waals surface area contributed by atoms with Crippen molar-refractivity contribution in [2.24, 2.45) is 5.41 Å². The molecule has 3 aliphatic heterocycles. The minimum Gasteiger partial charge on any atom is -0.337 e. The molecule has 4 aliphatic rings. The molecule has 0 aromatic heterocycles. The highest BCUT2D eigenvalue weighted by molar-refractivity contribution is 6.06. The average Bonchev–Trinajstić information content (AvgIpc) is 3.08. The fraction of sp³-hybridized carbons (Fsp3) is 0.385. The van der Waals surface area contributed by atoms with Gasteiger partial charge in [0.05, 0.1) is 0 Å². The maximum atomic E-state index is 14.1. The number of carbonyl (C=O) groups excluding carboxylic acids is 4. The predicted molar refractivity (Wildman–Crippen MR) is 119 cm³/mol. The Morgan fingerprint density at radius 1 is 1.03 bits per heavy atom. The lowest BCUT2D eigenvalue weighted by Gasteiger charge is -2.59. The van der Waals surface area contributed by atoms with Gasteiger partial charge in [0, 0.05) is 48.7 Å². The minimum atomic E-state index is -0.695. The van der Waals surface area contributed by atoms with Crippen LogP contribution < -0.4 is 5.32 Å². The Labute approximate surface area is 200 Å². The van der Waals surface area contributed by atoms with E-state index in [1.54, 1.807) is 23.1 Å². The largest absolute Gasteiger partial charge is 0.337 e. The Morgan fingerprint density at radius 3 is 2.51 bits per heavy atom. The Hall–Kier alpha value is -3.62. The Balaban J connectivity index is 1.09. The van der Waals surface area contributed by atoms with Gasteiger partial charge in [-0.3, -0.25) is 24.5 Å². The number of halogens is 2. The Bertz CT molecular complexity index is 1300. The van der Waals surface area contributed by atoms with E-state index in [1.165, 1.54) is 17.0 Å². The maximum absolute atomic E-state index is 14.1. The van der Waals surface area contributed by atoms with Gasteiger partial charge in [-0.05, 0) is 60.6 Å². The van der Waals surface area contributed by atoms with Crippen molar-refractivity contribution in [3.8, 4) is 0 Å². The highest BCUT2D eigenvalue weighted by Crippen LogP contribution is 2.56. The van der Waals surface area contributed by atoms with Crippen LogP contribution in [0.25, 0.3) is 0 Å². The van der Waals surface area contributed by atoms with E-state index in [4.69, 9.17) is 0 Å². The molecule has 2 aromatic rings.